The van der Waals surface area contributed by atoms with Crippen LogP contribution in [-0.2, 0) is 23.2 Å². The van der Waals surface area contributed by atoms with Crippen LogP contribution in [0.5, 0.6) is 5.88 Å². The minimum absolute atomic E-state index is 0.0817. The summed E-state index contributed by atoms with van der Waals surface area (Å²) in [5, 5.41) is 21.2. The van der Waals surface area contributed by atoms with Gasteiger partial charge in [-0.3, -0.25) is 14.2 Å². The summed E-state index contributed by atoms with van der Waals surface area (Å²) in [5.41, 5.74) is 4.86. The van der Waals surface area contributed by atoms with Gasteiger partial charge in [0.15, 0.2) is 0 Å². The van der Waals surface area contributed by atoms with Crippen molar-refractivity contribution < 1.29 is 19.4 Å². The number of nitrogens with one attached hydrogen (secondary N) is 2. The molecule has 254 valence electrons. The lowest BCUT2D eigenvalue weighted by molar-refractivity contribution is -0.138. The molecule has 2 atom stereocenters. The van der Waals surface area contributed by atoms with Crippen LogP contribution in [0.15, 0.2) is 65.6 Å². The number of aliphatic carboxylic acids is 1. The predicted octanol–water partition coefficient (Wildman–Crippen LogP) is 5.02. The average molecular weight is 705 g/mol. The molecule has 1 fully saturated rings. The molecule has 4 heterocycles. The standard InChI is InChI=1S/C35H35Cl2N7O5/c1-19(34(47)48)42(2)35-41-44-18-21(15-28(44)33(46)43(35)3)23-7-5-8-24(30(23)36)25-9-6-10-26(31(25)37)27-13-11-20(32(40-27)49-4)16-38-17-22-12-14-29(45)39-22/h5-11,13,15,18-19,22,38H,12,14,16-17H2,1-4H3,(H,39,45)(H,47,48)/t19-,22+/m1/s1. The topological polar surface area (TPSA) is 143 Å². The van der Waals surface area contributed by atoms with E-state index < -0.39 is 12.0 Å². The van der Waals surface area contributed by atoms with E-state index in [0.29, 0.717) is 74.5 Å². The Hall–Kier alpha value is -4.91. The molecule has 0 unspecified atom stereocenters. The fraction of sp³-hybridized carbons (Fsp3) is 0.286. The molecular formula is C35H35Cl2N7O5. The van der Waals surface area contributed by atoms with E-state index >= 15 is 0 Å². The zero-order valence-corrected chi connectivity index (χ0v) is 28.8. The normalized spacial score (nSPS) is 15.0. The first-order valence-corrected chi connectivity index (χ1v) is 16.4. The molecule has 1 saturated heterocycles. The molecule has 0 bridgehead atoms. The first-order chi connectivity index (χ1) is 23.5. The summed E-state index contributed by atoms with van der Waals surface area (Å²) < 4.78 is 8.39. The second-order valence-electron chi connectivity index (χ2n) is 12.0. The minimum Gasteiger partial charge on any atom is -0.481 e. The number of hydrogen-bond donors (Lipinski definition) is 3. The molecule has 1 aliphatic heterocycles. The molecule has 0 aliphatic carbocycles. The lowest BCUT2D eigenvalue weighted by atomic mass is 9.97. The number of rotatable bonds is 11. The number of carbonyl (C=O) groups is 2. The van der Waals surface area contributed by atoms with Gasteiger partial charge in [0.25, 0.3) is 5.56 Å². The number of benzene rings is 2. The lowest BCUT2D eigenvalue weighted by Crippen LogP contribution is -2.40. The molecule has 6 rings (SSSR count). The van der Waals surface area contributed by atoms with Crippen molar-refractivity contribution in [1.29, 1.82) is 0 Å². The third-order valence-corrected chi connectivity index (χ3v) is 9.69. The zero-order chi connectivity index (χ0) is 35.0. The van der Waals surface area contributed by atoms with Gasteiger partial charge in [-0.1, -0.05) is 65.7 Å². The number of nitrogens with zero attached hydrogens (tertiary/aromatic N) is 5. The number of likely N-dealkylation sites (N-methyl/N-ethyl adjacent to an activating group) is 1. The van der Waals surface area contributed by atoms with Crippen LogP contribution in [0.1, 0.15) is 25.3 Å². The molecule has 14 heteroatoms. The Labute approximate surface area is 292 Å². The van der Waals surface area contributed by atoms with Crippen molar-refractivity contribution in [3.05, 3.63) is 86.8 Å². The molecule has 0 saturated carbocycles. The van der Waals surface area contributed by atoms with Crippen molar-refractivity contribution in [3.8, 4) is 39.4 Å². The maximum Gasteiger partial charge on any atom is 0.326 e. The third kappa shape index (κ3) is 6.59. The van der Waals surface area contributed by atoms with Crippen molar-refractivity contribution in [2.45, 2.75) is 38.4 Å². The summed E-state index contributed by atoms with van der Waals surface area (Å²) in [6.07, 6.45) is 3.06. The van der Waals surface area contributed by atoms with E-state index in [-0.39, 0.29) is 23.5 Å². The van der Waals surface area contributed by atoms with E-state index in [1.54, 1.807) is 33.5 Å². The molecule has 1 aliphatic rings. The fourth-order valence-electron chi connectivity index (χ4n) is 5.96. The molecule has 5 aromatic rings. The number of halogens is 2. The largest absolute Gasteiger partial charge is 0.481 e. The van der Waals surface area contributed by atoms with E-state index in [9.17, 15) is 19.5 Å². The number of carboxylic acids is 1. The number of carbonyl (C=O) groups excluding carboxylic acids is 1. The Kier molecular flexibility index (Phi) is 9.64. The number of aromatic nitrogens is 4. The first kappa shape index (κ1) is 34.0. The highest BCUT2D eigenvalue weighted by Gasteiger charge is 2.24. The van der Waals surface area contributed by atoms with Crippen LogP contribution in [0.4, 0.5) is 5.95 Å². The van der Waals surface area contributed by atoms with Crippen molar-refractivity contribution in [2.75, 3.05) is 25.6 Å². The molecule has 2 aromatic carbocycles. The van der Waals surface area contributed by atoms with Gasteiger partial charge in [-0.25, -0.2) is 14.3 Å². The van der Waals surface area contributed by atoms with E-state index in [0.717, 1.165) is 12.0 Å². The van der Waals surface area contributed by atoms with E-state index in [1.807, 2.05) is 48.5 Å². The molecule has 0 radical (unpaired) electrons. The quantitative estimate of drug-likeness (QED) is 0.173. The number of pyridine rings is 1. The van der Waals surface area contributed by atoms with E-state index in [2.05, 4.69) is 15.7 Å². The maximum atomic E-state index is 13.3. The average Bonchev–Trinajstić information content (AvgIpc) is 3.72. The number of anilines is 1. The molecule has 49 heavy (non-hydrogen) atoms. The summed E-state index contributed by atoms with van der Waals surface area (Å²) in [6, 6.07) is 16.0. The summed E-state index contributed by atoms with van der Waals surface area (Å²) in [5.74, 6) is -0.289. The highest BCUT2D eigenvalue weighted by molar-refractivity contribution is 6.39. The molecule has 3 aromatic heterocycles. The highest BCUT2D eigenvalue weighted by Crippen LogP contribution is 2.42. The van der Waals surface area contributed by atoms with Gasteiger partial charge < -0.3 is 25.4 Å². The van der Waals surface area contributed by atoms with Crippen molar-refractivity contribution in [3.63, 3.8) is 0 Å². The number of methoxy groups -OCH3 is 1. The van der Waals surface area contributed by atoms with Gasteiger partial charge in [0.2, 0.25) is 17.7 Å². The van der Waals surface area contributed by atoms with Gasteiger partial charge in [-0.2, -0.15) is 0 Å². The first-order valence-electron chi connectivity index (χ1n) is 15.7. The van der Waals surface area contributed by atoms with Gasteiger partial charge in [0.1, 0.15) is 11.6 Å². The molecule has 0 spiro atoms. The van der Waals surface area contributed by atoms with Crippen LogP contribution >= 0.6 is 23.2 Å². The Morgan fingerprint density at radius 3 is 2.43 bits per heavy atom. The Morgan fingerprint density at radius 1 is 1.10 bits per heavy atom. The second-order valence-corrected chi connectivity index (χ2v) is 12.7. The SMILES string of the molecule is COc1nc(-c2cccc(-c3cccc(-c4cc5c(=O)n(C)c(N(C)[C@H](C)C(=O)O)nn5c4)c3Cl)c2Cl)ccc1CNC[C@@H]1CCC(=O)N1. The Balaban J connectivity index is 1.31. The van der Waals surface area contributed by atoms with Gasteiger partial charge in [-0.05, 0) is 25.5 Å². The number of fused-ring (bicyclic) bond motifs is 1. The number of ether oxygens (including phenoxy) is 1. The van der Waals surface area contributed by atoms with E-state index in [1.165, 1.54) is 20.9 Å². The van der Waals surface area contributed by atoms with Gasteiger partial charge in [-0.15, -0.1) is 5.10 Å². The Bertz CT molecular complexity index is 2150. The summed E-state index contributed by atoms with van der Waals surface area (Å²) in [4.78, 5) is 42.6. The zero-order valence-electron chi connectivity index (χ0n) is 27.3. The number of amides is 1. The second kappa shape index (κ2) is 13.9. The molecule has 1 amide bonds. The van der Waals surface area contributed by atoms with Crippen LogP contribution < -0.4 is 25.8 Å². The van der Waals surface area contributed by atoms with Gasteiger partial charge in [0.05, 0.1) is 22.8 Å². The van der Waals surface area contributed by atoms with Crippen LogP contribution in [0.25, 0.3) is 39.0 Å². The molecule has 3 N–H and O–H groups in total. The van der Waals surface area contributed by atoms with E-state index in [4.69, 9.17) is 32.9 Å². The van der Waals surface area contributed by atoms with Gasteiger partial charge >= 0.3 is 5.97 Å². The van der Waals surface area contributed by atoms with Crippen molar-refractivity contribution in [2.24, 2.45) is 7.05 Å². The predicted molar refractivity (Wildman–Crippen MR) is 189 cm³/mol. The monoisotopic (exact) mass is 703 g/mol. The van der Waals surface area contributed by atoms with Crippen LogP contribution in [0.3, 0.4) is 0 Å². The summed E-state index contributed by atoms with van der Waals surface area (Å²) >= 11 is 14.1. The van der Waals surface area contributed by atoms with Crippen LogP contribution in [0, 0.1) is 0 Å². The van der Waals surface area contributed by atoms with Crippen molar-refractivity contribution >= 4 is 46.5 Å². The summed E-state index contributed by atoms with van der Waals surface area (Å²) in [7, 11) is 4.70. The summed E-state index contributed by atoms with van der Waals surface area (Å²) in [6.45, 7) is 2.70. The minimum atomic E-state index is -1.04. The third-order valence-electron chi connectivity index (χ3n) is 8.87. The number of hydrogen-bond acceptors (Lipinski definition) is 8. The Morgan fingerprint density at radius 2 is 1.78 bits per heavy atom. The fourth-order valence-corrected chi connectivity index (χ4v) is 6.62. The lowest BCUT2D eigenvalue weighted by Gasteiger charge is -2.23. The highest BCUT2D eigenvalue weighted by atomic mass is 35.5. The molecule has 12 nitrogen and oxygen atoms in total. The smallest absolute Gasteiger partial charge is 0.326 e. The maximum absolute atomic E-state index is 13.3. The van der Waals surface area contributed by atoms with Crippen LogP contribution in [-0.4, -0.2) is 68.9 Å². The number of carboxylic acid groups (broad SMARTS) is 1. The van der Waals surface area contributed by atoms with Crippen molar-refractivity contribution in [1.82, 2.24) is 29.8 Å². The van der Waals surface area contributed by atoms with Crippen LogP contribution in [0.2, 0.25) is 10.0 Å². The molecular weight excluding hydrogens is 669 g/mol. The van der Waals surface area contributed by atoms with Gasteiger partial charge in [0, 0.05) is 79.2 Å².